The smallest absolute Gasteiger partial charge is 0.275 e. The molecule has 0 saturated heterocycles. The Balaban J connectivity index is 2.06. The van der Waals surface area contributed by atoms with Gasteiger partial charge in [0.05, 0.1) is 16.2 Å². The lowest BCUT2D eigenvalue weighted by molar-refractivity contribution is 0.102. The molecule has 21 heavy (non-hydrogen) atoms. The van der Waals surface area contributed by atoms with Crippen molar-refractivity contribution in [3.8, 4) is 0 Å². The molecule has 2 aromatic heterocycles. The first kappa shape index (κ1) is 13.8. The van der Waals surface area contributed by atoms with Crippen molar-refractivity contribution < 1.29 is 4.79 Å². The Hall–Kier alpha value is -2.18. The van der Waals surface area contributed by atoms with Gasteiger partial charge >= 0.3 is 0 Å². The van der Waals surface area contributed by atoms with Crippen molar-refractivity contribution in [2.75, 3.05) is 11.1 Å². The third kappa shape index (κ3) is 2.55. The van der Waals surface area contributed by atoms with Gasteiger partial charge in [0.25, 0.3) is 5.91 Å². The molecular weight excluding hydrogens is 308 g/mol. The van der Waals surface area contributed by atoms with Crippen molar-refractivity contribution >= 4 is 50.6 Å². The number of hydrogen-bond donors (Lipinski definition) is 2. The zero-order chi connectivity index (χ0) is 15.0. The molecule has 0 fully saturated rings. The van der Waals surface area contributed by atoms with Crippen molar-refractivity contribution in [1.29, 1.82) is 0 Å². The van der Waals surface area contributed by atoms with Gasteiger partial charge in [-0.25, -0.2) is 4.98 Å². The highest BCUT2D eigenvalue weighted by Crippen LogP contribution is 2.33. The molecule has 0 aliphatic carbocycles. The molecule has 2 heterocycles. The van der Waals surface area contributed by atoms with E-state index in [0.717, 1.165) is 16.5 Å². The zero-order valence-electron chi connectivity index (χ0n) is 11.1. The molecule has 3 N–H and O–H groups in total. The van der Waals surface area contributed by atoms with Crippen molar-refractivity contribution in [2.45, 2.75) is 6.92 Å². The number of aromatic nitrogens is 2. The molecular formula is C14H11ClN4OS. The summed E-state index contributed by atoms with van der Waals surface area (Å²) in [5.41, 5.74) is 8.09. The first-order chi connectivity index (χ1) is 10.1. The fourth-order valence-electron chi connectivity index (χ4n) is 2.08. The summed E-state index contributed by atoms with van der Waals surface area (Å²) in [6.07, 6.45) is 1.70. The van der Waals surface area contributed by atoms with Crippen molar-refractivity contribution in [1.82, 2.24) is 9.97 Å². The van der Waals surface area contributed by atoms with Gasteiger partial charge in [0.1, 0.15) is 5.69 Å². The van der Waals surface area contributed by atoms with Crippen molar-refractivity contribution in [3.63, 3.8) is 0 Å². The Labute approximate surface area is 129 Å². The number of nitrogen functional groups attached to an aromatic ring is 1. The van der Waals surface area contributed by atoms with Crippen LogP contribution >= 0.6 is 22.9 Å². The molecule has 0 spiro atoms. The van der Waals surface area contributed by atoms with Crippen molar-refractivity contribution in [2.24, 2.45) is 0 Å². The number of benzene rings is 1. The minimum absolute atomic E-state index is 0.270. The lowest BCUT2D eigenvalue weighted by Crippen LogP contribution is -2.13. The standard InChI is InChI=1S/C14H11ClN4OS/c1-7-5-9(15)12(8-3-2-4-17-11(7)8)19-13(20)10-6-21-14(16)18-10/h2-6H,1H3,(H2,16,18)(H,19,20). The van der Waals surface area contributed by atoms with E-state index in [0.29, 0.717) is 15.8 Å². The van der Waals surface area contributed by atoms with Crippen LogP contribution in [-0.4, -0.2) is 15.9 Å². The predicted octanol–water partition coefficient (Wildman–Crippen LogP) is 3.49. The maximum Gasteiger partial charge on any atom is 0.275 e. The number of halogens is 1. The van der Waals surface area contributed by atoms with Gasteiger partial charge in [-0.2, -0.15) is 0 Å². The van der Waals surface area contributed by atoms with E-state index in [1.807, 2.05) is 13.0 Å². The molecule has 5 nitrogen and oxygen atoms in total. The van der Waals surface area contributed by atoms with E-state index in [1.165, 1.54) is 11.3 Å². The average Bonchev–Trinajstić information content (AvgIpc) is 2.90. The zero-order valence-corrected chi connectivity index (χ0v) is 12.6. The van der Waals surface area contributed by atoms with E-state index in [9.17, 15) is 4.79 Å². The monoisotopic (exact) mass is 318 g/mol. The first-order valence-corrected chi connectivity index (χ1v) is 7.38. The number of pyridine rings is 1. The van der Waals surface area contributed by atoms with E-state index in [1.54, 1.807) is 23.7 Å². The molecule has 0 radical (unpaired) electrons. The summed E-state index contributed by atoms with van der Waals surface area (Å²) in [6.45, 7) is 1.92. The van der Waals surface area contributed by atoms with Crippen LogP contribution in [0.3, 0.4) is 0 Å². The van der Waals surface area contributed by atoms with Gasteiger partial charge in [0, 0.05) is 17.0 Å². The number of fused-ring (bicyclic) bond motifs is 1. The number of carbonyl (C=O) groups is 1. The van der Waals surface area contributed by atoms with Crippen LogP contribution < -0.4 is 11.1 Å². The van der Waals surface area contributed by atoms with E-state index in [4.69, 9.17) is 17.3 Å². The number of anilines is 2. The molecule has 0 bridgehead atoms. The molecule has 0 aliphatic rings. The number of hydrogen-bond acceptors (Lipinski definition) is 5. The molecule has 7 heteroatoms. The van der Waals surface area contributed by atoms with Crippen LogP contribution in [-0.2, 0) is 0 Å². The average molecular weight is 319 g/mol. The third-order valence-electron chi connectivity index (χ3n) is 3.03. The molecule has 0 unspecified atom stereocenters. The van der Waals surface area contributed by atoms with Crippen LogP contribution in [0.15, 0.2) is 29.8 Å². The topological polar surface area (TPSA) is 80.9 Å². The normalized spacial score (nSPS) is 10.8. The summed E-state index contributed by atoms with van der Waals surface area (Å²) < 4.78 is 0. The lowest BCUT2D eigenvalue weighted by Gasteiger charge is -2.11. The van der Waals surface area contributed by atoms with E-state index >= 15 is 0 Å². The Kier molecular flexibility index (Phi) is 3.48. The van der Waals surface area contributed by atoms with Crippen LogP contribution in [0.1, 0.15) is 16.1 Å². The van der Waals surface area contributed by atoms with E-state index in [-0.39, 0.29) is 11.6 Å². The molecule has 3 aromatic rings. The summed E-state index contributed by atoms with van der Waals surface area (Å²) >= 11 is 7.47. The van der Waals surface area contributed by atoms with E-state index < -0.39 is 0 Å². The van der Waals surface area contributed by atoms with Crippen molar-refractivity contribution in [3.05, 3.63) is 46.1 Å². The SMILES string of the molecule is Cc1cc(Cl)c(NC(=O)c2csc(N)n2)c2cccnc12. The van der Waals surface area contributed by atoms with Gasteiger partial charge < -0.3 is 11.1 Å². The molecule has 0 atom stereocenters. The van der Waals surface area contributed by atoms with Gasteiger partial charge in [0.15, 0.2) is 5.13 Å². The Morgan fingerprint density at radius 2 is 2.29 bits per heavy atom. The minimum Gasteiger partial charge on any atom is -0.375 e. The lowest BCUT2D eigenvalue weighted by atomic mass is 10.1. The quantitative estimate of drug-likeness (QED) is 0.758. The highest BCUT2D eigenvalue weighted by molar-refractivity contribution is 7.13. The summed E-state index contributed by atoms with van der Waals surface area (Å²) in [6, 6.07) is 5.45. The highest BCUT2D eigenvalue weighted by Gasteiger charge is 2.15. The number of nitrogens with one attached hydrogen (secondary N) is 1. The first-order valence-electron chi connectivity index (χ1n) is 6.12. The number of amides is 1. The van der Waals surface area contributed by atoms with Crippen LogP contribution in [0.4, 0.5) is 10.8 Å². The minimum atomic E-state index is -0.348. The van der Waals surface area contributed by atoms with Gasteiger partial charge in [-0.15, -0.1) is 11.3 Å². The molecule has 0 saturated carbocycles. The Bertz CT molecular complexity index is 846. The number of rotatable bonds is 2. The number of thiazole rings is 1. The maximum absolute atomic E-state index is 12.2. The van der Waals surface area contributed by atoms with Gasteiger partial charge in [0.2, 0.25) is 0 Å². The second-order valence-corrected chi connectivity index (χ2v) is 5.77. The van der Waals surface area contributed by atoms with Crippen LogP contribution in [0.5, 0.6) is 0 Å². The fraction of sp³-hybridized carbons (Fsp3) is 0.0714. The fourth-order valence-corrected chi connectivity index (χ4v) is 2.93. The van der Waals surface area contributed by atoms with Gasteiger partial charge in [-0.05, 0) is 30.7 Å². The summed E-state index contributed by atoms with van der Waals surface area (Å²) in [5, 5.41) is 5.99. The predicted molar refractivity (Wildman–Crippen MR) is 86.0 cm³/mol. The summed E-state index contributed by atoms with van der Waals surface area (Å²) in [5.74, 6) is -0.348. The van der Waals surface area contributed by atoms with Gasteiger partial charge in [-0.1, -0.05) is 11.6 Å². The second kappa shape index (κ2) is 5.31. The largest absolute Gasteiger partial charge is 0.375 e. The Morgan fingerprint density at radius 3 is 3.00 bits per heavy atom. The molecule has 106 valence electrons. The molecule has 0 aliphatic heterocycles. The van der Waals surface area contributed by atoms with Crippen LogP contribution in [0, 0.1) is 6.92 Å². The van der Waals surface area contributed by atoms with E-state index in [2.05, 4.69) is 15.3 Å². The molecule has 1 aromatic carbocycles. The summed E-state index contributed by atoms with van der Waals surface area (Å²) in [7, 11) is 0. The van der Waals surface area contributed by atoms with Crippen LogP contribution in [0.25, 0.3) is 10.9 Å². The maximum atomic E-state index is 12.2. The summed E-state index contributed by atoms with van der Waals surface area (Å²) in [4.78, 5) is 20.5. The second-order valence-electron chi connectivity index (χ2n) is 4.47. The molecule has 1 amide bonds. The van der Waals surface area contributed by atoms with Crippen LogP contribution in [0.2, 0.25) is 5.02 Å². The van der Waals surface area contributed by atoms with Gasteiger partial charge in [-0.3, -0.25) is 9.78 Å². The number of carbonyl (C=O) groups excluding carboxylic acids is 1. The number of aryl methyl sites for hydroxylation is 1. The molecule has 3 rings (SSSR count). The highest BCUT2D eigenvalue weighted by atomic mass is 35.5. The number of nitrogens with two attached hydrogens (primary N) is 1. The number of nitrogens with zero attached hydrogens (tertiary/aromatic N) is 2. The Morgan fingerprint density at radius 1 is 1.48 bits per heavy atom. The third-order valence-corrected chi connectivity index (χ3v) is 4.00.